The lowest BCUT2D eigenvalue weighted by atomic mass is 10.1. The lowest BCUT2D eigenvalue weighted by Gasteiger charge is -2.27. The highest BCUT2D eigenvalue weighted by atomic mass is 32.2. The van der Waals surface area contributed by atoms with Crippen LogP contribution in [0.25, 0.3) is 0 Å². The van der Waals surface area contributed by atoms with Crippen LogP contribution in [0.2, 0.25) is 0 Å². The molecular formula is C14H20N2O4S. The second-order valence-corrected chi connectivity index (χ2v) is 7.37. The van der Waals surface area contributed by atoms with E-state index in [1.807, 2.05) is 6.92 Å². The Morgan fingerprint density at radius 3 is 2.71 bits per heavy atom. The zero-order valence-electron chi connectivity index (χ0n) is 12.3. The Morgan fingerprint density at radius 2 is 2.24 bits per heavy atom. The summed E-state index contributed by atoms with van der Waals surface area (Å²) in [5.74, 6) is 0.486. The van der Waals surface area contributed by atoms with Crippen LogP contribution in [-0.4, -0.2) is 55.4 Å². The molecule has 0 N–H and O–H groups in total. The van der Waals surface area contributed by atoms with Crippen molar-refractivity contribution in [2.45, 2.75) is 25.8 Å². The standard InChI is InChI=1S/C14H20N2O4S/c1-3-7-16(12-6-8-21(18,19)10-12)14(17)11-4-5-13(20-2)15-9-11/h4-5,9,12H,3,6-8,10H2,1-2H3. The molecule has 1 fully saturated rings. The van der Waals surface area contributed by atoms with Gasteiger partial charge in [0.25, 0.3) is 5.91 Å². The molecule has 2 rings (SSSR count). The van der Waals surface area contributed by atoms with E-state index in [1.54, 1.807) is 17.0 Å². The molecule has 1 unspecified atom stereocenters. The molecule has 0 saturated carbocycles. The van der Waals surface area contributed by atoms with Gasteiger partial charge in [-0.15, -0.1) is 0 Å². The number of aromatic nitrogens is 1. The van der Waals surface area contributed by atoms with Crippen molar-refractivity contribution in [2.24, 2.45) is 0 Å². The smallest absolute Gasteiger partial charge is 0.255 e. The fourth-order valence-electron chi connectivity index (χ4n) is 2.51. The van der Waals surface area contributed by atoms with E-state index in [4.69, 9.17) is 4.74 Å². The second-order valence-electron chi connectivity index (χ2n) is 5.14. The SMILES string of the molecule is CCCN(C(=O)c1ccc(OC)nc1)C1CCS(=O)(=O)C1. The van der Waals surface area contributed by atoms with Gasteiger partial charge in [0.05, 0.1) is 24.2 Å². The number of ether oxygens (including phenoxy) is 1. The lowest BCUT2D eigenvalue weighted by molar-refractivity contribution is 0.0696. The fourth-order valence-corrected chi connectivity index (χ4v) is 4.24. The number of pyridine rings is 1. The second kappa shape index (κ2) is 6.43. The van der Waals surface area contributed by atoms with Crippen LogP contribution >= 0.6 is 0 Å². The van der Waals surface area contributed by atoms with Crippen LogP contribution in [0.4, 0.5) is 0 Å². The van der Waals surface area contributed by atoms with Gasteiger partial charge in [-0.25, -0.2) is 13.4 Å². The first-order valence-corrected chi connectivity index (χ1v) is 8.80. The summed E-state index contributed by atoms with van der Waals surface area (Å²) in [4.78, 5) is 18.3. The van der Waals surface area contributed by atoms with Crippen molar-refractivity contribution in [3.63, 3.8) is 0 Å². The van der Waals surface area contributed by atoms with Gasteiger partial charge in [-0.05, 0) is 18.9 Å². The van der Waals surface area contributed by atoms with Crippen molar-refractivity contribution in [1.29, 1.82) is 0 Å². The third kappa shape index (κ3) is 3.72. The molecule has 1 aromatic heterocycles. The highest BCUT2D eigenvalue weighted by Gasteiger charge is 2.34. The van der Waals surface area contributed by atoms with E-state index in [-0.39, 0.29) is 23.5 Å². The minimum absolute atomic E-state index is 0.0579. The van der Waals surface area contributed by atoms with Crippen molar-refractivity contribution in [1.82, 2.24) is 9.88 Å². The number of nitrogens with zero attached hydrogens (tertiary/aromatic N) is 2. The van der Waals surface area contributed by atoms with Crippen molar-refractivity contribution in [3.8, 4) is 5.88 Å². The number of carbonyl (C=O) groups is 1. The molecule has 1 aromatic rings. The Morgan fingerprint density at radius 1 is 1.48 bits per heavy atom. The van der Waals surface area contributed by atoms with Crippen molar-refractivity contribution < 1.29 is 17.9 Å². The van der Waals surface area contributed by atoms with E-state index in [2.05, 4.69) is 4.98 Å². The maximum absolute atomic E-state index is 12.6. The minimum atomic E-state index is -3.01. The van der Waals surface area contributed by atoms with E-state index >= 15 is 0 Å². The number of carbonyl (C=O) groups excluding carboxylic acids is 1. The van der Waals surface area contributed by atoms with E-state index in [1.165, 1.54) is 13.3 Å². The maximum Gasteiger partial charge on any atom is 0.255 e. The molecule has 1 aliphatic heterocycles. The quantitative estimate of drug-likeness (QED) is 0.814. The molecule has 1 atom stereocenters. The Kier molecular flexibility index (Phi) is 4.82. The molecular weight excluding hydrogens is 292 g/mol. The summed E-state index contributed by atoms with van der Waals surface area (Å²) in [6.07, 6.45) is 2.76. The van der Waals surface area contributed by atoms with E-state index < -0.39 is 9.84 Å². The minimum Gasteiger partial charge on any atom is -0.481 e. The van der Waals surface area contributed by atoms with Gasteiger partial charge in [-0.3, -0.25) is 4.79 Å². The third-order valence-corrected chi connectivity index (χ3v) is 5.32. The van der Waals surface area contributed by atoms with Crippen molar-refractivity contribution in [2.75, 3.05) is 25.2 Å². The number of hydrogen-bond donors (Lipinski definition) is 0. The Bertz CT molecular complexity index is 598. The van der Waals surface area contributed by atoms with Gasteiger partial charge in [0.1, 0.15) is 0 Å². The van der Waals surface area contributed by atoms with E-state index in [0.717, 1.165) is 6.42 Å². The van der Waals surface area contributed by atoms with Gasteiger partial charge in [0, 0.05) is 24.8 Å². The molecule has 0 aromatic carbocycles. The fraction of sp³-hybridized carbons (Fsp3) is 0.571. The molecule has 116 valence electrons. The van der Waals surface area contributed by atoms with Gasteiger partial charge in [-0.1, -0.05) is 6.92 Å². The van der Waals surface area contributed by atoms with Gasteiger partial charge in [0.2, 0.25) is 5.88 Å². The molecule has 0 spiro atoms. The molecule has 1 saturated heterocycles. The number of hydrogen-bond acceptors (Lipinski definition) is 5. The Labute approximate surface area is 125 Å². The predicted octanol–water partition coefficient (Wildman–Crippen LogP) is 1.13. The van der Waals surface area contributed by atoms with Gasteiger partial charge >= 0.3 is 0 Å². The Hall–Kier alpha value is -1.63. The number of amides is 1. The maximum atomic E-state index is 12.6. The normalized spacial score (nSPS) is 20.2. The summed E-state index contributed by atoms with van der Waals surface area (Å²) in [5, 5.41) is 0. The van der Waals surface area contributed by atoms with Gasteiger partial charge < -0.3 is 9.64 Å². The summed E-state index contributed by atoms with van der Waals surface area (Å²) in [6.45, 7) is 2.51. The molecule has 0 radical (unpaired) electrons. The first kappa shape index (κ1) is 15.8. The third-order valence-electron chi connectivity index (χ3n) is 3.57. The van der Waals surface area contributed by atoms with Crippen LogP contribution in [0.3, 0.4) is 0 Å². The summed E-state index contributed by atoms with van der Waals surface area (Å²) in [7, 11) is -1.50. The van der Waals surface area contributed by atoms with Crippen molar-refractivity contribution >= 4 is 15.7 Å². The molecule has 0 bridgehead atoms. The molecule has 6 nitrogen and oxygen atoms in total. The average Bonchev–Trinajstić information content (AvgIpc) is 2.84. The number of sulfone groups is 1. The average molecular weight is 312 g/mol. The largest absolute Gasteiger partial charge is 0.481 e. The number of methoxy groups -OCH3 is 1. The van der Waals surface area contributed by atoms with E-state index in [9.17, 15) is 13.2 Å². The summed E-state index contributed by atoms with van der Waals surface area (Å²) in [6, 6.07) is 3.05. The van der Waals surface area contributed by atoms with Crippen molar-refractivity contribution in [3.05, 3.63) is 23.9 Å². The monoisotopic (exact) mass is 312 g/mol. The highest BCUT2D eigenvalue weighted by molar-refractivity contribution is 7.91. The van der Waals surface area contributed by atoms with Gasteiger partial charge in [-0.2, -0.15) is 0 Å². The Balaban J connectivity index is 2.18. The van der Waals surface area contributed by atoms with E-state index in [0.29, 0.717) is 24.4 Å². The molecule has 1 aliphatic rings. The van der Waals surface area contributed by atoms with Crippen LogP contribution in [0.1, 0.15) is 30.1 Å². The highest BCUT2D eigenvalue weighted by Crippen LogP contribution is 2.20. The van der Waals surface area contributed by atoms with Crippen LogP contribution < -0.4 is 4.74 Å². The van der Waals surface area contributed by atoms with Crippen LogP contribution in [0, 0.1) is 0 Å². The molecule has 21 heavy (non-hydrogen) atoms. The van der Waals surface area contributed by atoms with Gasteiger partial charge in [0.15, 0.2) is 9.84 Å². The van der Waals surface area contributed by atoms with Crippen LogP contribution in [-0.2, 0) is 9.84 Å². The first-order valence-electron chi connectivity index (χ1n) is 6.98. The molecule has 1 amide bonds. The molecule has 0 aliphatic carbocycles. The topological polar surface area (TPSA) is 76.6 Å². The number of rotatable bonds is 5. The zero-order valence-corrected chi connectivity index (χ0v) is 13.1. The summed E-state index contributed by atoms with van der Waals surface area (Å²) < 4.78 is 28.2. The lowest BCUT2D eigenvalue weighted by Crippen LogP contribution is -2.41. The first-order chi connectivity index (χ1) is 9.96. The molecule has 2 heterocycles. The molecule has 7 heteroatoms. The summed E-state index contributed by atoms with van der Waals surface area (Å²) in [5.41, 5.74) is 0.452. The summed E-state index contributed by atoms with van der Waals surface area (Å²) >= 11 is 0. The van der Waals surface area contributed by atoms with Crippen LogP contribution in [0.15, 0.2) is 18.3 Å². The zero-order chi connectivity index (χ0) is 15.5. The predicted molar refractivity (Wildman–Crippen MR) is 79.2 cm³/mol. The van der Waals surface area contributed by atoms with Crippen LogP contribution in [0.5, 0.6) is 5.88 Å².